The van der Waals surface area contributed by atoms with Crippen molar-refractivity contribution >= 4 is 23.2 Å². The first kappa shape index (κ1) is 19.6. The molecule has 0 radical (unpaired) electrons. The minimum absolute atomic E-state index is 0.0188. The third-order valence-electron chi connectivity index (χ3n) is 5.66. The Morgan fingerprint density at radius 1 is 1.32 bits per heavy atom. The maximum Gasteiger partial charge on any atom is 0.471 e. The topological polar surface area (TPSA) is 62.7 Å². The summed E-state index contributed by atoms with van der Waals surface area (Å²) in [5.41, 5.74) is 0.0188. The smallest absolute Gasteiger partial charge is 0.462 e. The van der Waals surface area contributed by atoms with Gasteiger partial charge in [0.05, 0.1) is 19.3 Å². The molecule has 154 valence electrons. The van der Waals surface area contributed by atoms with Crippen LogP contribution < -0.4 is 0 Å². The molecule has 0 bridgehead atoms. The Morgan fingerprint density at radius 3 is 2.57 bits per heavy atom. The van der Waals surface area contributed by atoms with Crippen LogP contribution in [-0.4, -0.2) is 64.6 Å². The molecular weight excluding hydrogens is 395 g/mol. The molecule has 1 spiro atoms. The van der Waals surface area contributed by atoms with Crippen molar-refractivity contribution in [1.29, 1.82) is 0 Å². The van der Waals surface area contributed by atoms with Crippen LogP contribution in [0, 0.1) is 5.41 Å². The SMILES string of the molecule is CCOC(=O)c1cnc(CN2CC3(CC(N(C(=O)C(F)(F)F)C4CC4)C3)C2)s1. The first-order valence-corrected chi connectivity index (χ1v) is 10.3. The van der Waals surface area contributed by atoms with Gasteiger partial charge < -0.3 is 9.64 Å². The lowest BCUT2D eigenvalue weighted by Crippen LogP contribution is -2.67. The third-order valence-corrected chi connectivity index (χ3v) is 6.62. The van der Waals surface area contributed by atoms with Crippen molar-refractivity contribution in [3.63, 3.8) is 0 Å². The van der Waals surface area contributed by atoms with Crippen LogP contribution in [0.5, 0.6) is 0 Å². The number of halogens is 3. The summed E-state index contributed by atoms with van der Waals surface area (Å²) < 4.78 is 43.6. The van der Waals surface area contributed by atoms with Gasteiger partial charge in [0.1, 0.15) is 9.88 Å². The fourth-order valence-electron chi connectivity index (χ4n) is 4.41. The molecule has 1 aromatic rings. The van der Waals surface area contributed by atoms with Crippen molar-refractivity contribution in [2.24, 2.45) is 5.41 Å². The number of carbonyl (C=O) groups is 2. The van der Waals surface area contributed by atoms with Gasteiger partial charge in [-0.2, -0.15) is 13.2 Å². The predicted octanol–water partition coefficient (Wildman–Crippen LogP) is 2.84. The first-order chi connectivity index (χ1) is 13.2. The average molecular weight is 417 g/mol. The van der Waals surface area contributed by atoms with E-state index in [4.69, 9.17) is 4.74 Å². The van der Waals surface area contributed by atoms with E-state index in [1.54, 1.807) is 6.92 Å². The summed E-state index contributed by atoms with van der Waals surface area (Å²) in [6, 6.07) is -0.525. The van der Waals surface area contributed by atoms with Gasteiger partial charge in [-0.3, -0.25) is 9.69 Å². The molecule has 2 aliphatic carbocycles. The maximum absolute atomic E-state index is 12.9. The quantitative estimate of drug-likeness (QED) is 0.666. The maximum atomic E-state index is 12.9. The fourth-order valence-corrected chi connectivity index (χ4v) is 5.26. The lowest BCUT2D eigenvalue weighted by Gasteiger charge is -2.61. The van der Waals surface area contributed by atoms with Crippen molar-refractivity contribution < 1.29 is 27.5 Å². The van der Waals surface area contributed by atoms with Gasteiger partial charge in [0.15, 0.2) is 0 Å². The Balaban J connectivity index is 1.27. The molecule has 6 nitrogen and oxygen atoms in total. The van der Waals surface area contributed by atoms with Crippen LogP contribution in [-0.2, 0) is 16.1 Å². The summed E-state index contributed by atoms with van der Waals surface area (Å²) in [7, 11) is 0. The minimum Gasteiger partial charge on any atom is -0.462 e. The highest BCUT2D eigenvalue weighted by Gasteiger charge is 2.58. The van der Waals surface area contributed by atoms with E-state index in [1.165, 1.54) is 17.5 Å². The normalized spacial score (nSPS) is 21.9. The van der Waals surface area contributed by atoms with Crippen LogP contribution in [0.2, 0.25) is 0 Å². The molecule has 1 aliphatic heterocycles. The fraction of sp³-hybridized carbons (Fsp3) is 0.722. The number of aromatic nitrogens is 1. The molecule has 4 rings (SSSR count). The third kappa shape index (κ3) is 3.76. The van der Waals surface area contributed by atoms with Gasteiger partial charge in [0.25, 0.3) is 0 Å². The van der Waals surface area contributed by atoms with Crippen molar-refractivity contribution in [2.75, 3.05) is 19.7 Å². The second kappa shape index (κ2) is 6.98. The predicted molar refractivity (Wildman–Crippen MR) is 94.7 cm³/mol. The van der Waals surface area contributed by atoms with E-state index in [-0.39, 0.29) is 23.5 Å². The Hall–Kier alpha value is -1.68. The molecule has 0 aromatic carbocycles. The summed E-state index contributed by atoms with van der Waals surface area (Å²) in [6.45, 7) is 4.26. The van der Waals surface area contributed by atoms with Crippen LogP contribution in [0.4, 0.5) is 13.2 Å². The van der Waals surface area contributed by atoms with E-state index in [2.05, 4.69) is 9.88 Å². The summed E-state index contributed by atoms with van der Waals surface area (Å²) in [5, 5.41) is 0.820. The van der Waals surface area contributed by atoms with Gasteiger partial charge in [-0.05, 0) is 38.0 Å². The molecule has 0 unspecified atom stereocenters. The van der Waals surface area contributed by atoms with Crippen molar-refractivity contribution in [1.82, 2.24) is 14.8 Å². The molecule has 10 heteroatoms. The number of nitrogens with zero attached hydrogens (tertiary/aromatic N) is 3. The lowest BCUT2D eigenvalue weighted by molar-refractivity contribution is -0.197. The largest absolute Gasteiger partial charge is 0.471 e. The van der Waals surface area contributed by atoms with Gasteiger partial charge in [-0.15, -0.1) is 11.3 Å². The lowest BCUT2D eigenvalue weighted by atomic mass is 9.60. The number of amides is 1. The van der Waals surface area contributed by atoms with Gasteiger partial charge in [-0.25, -0.2) is 9.78 Å². The number of hydrogen-bond acceptors (Lipinski definition) is 6. The van der Waals surface area contributed by atoms with E-state index in [9.17, 15) is 22.8 Å². The van der Waals surface area contributed by atoms with Crippen molar-refractivity contribution in [3.05, 3.63) is 16.1 Å². The van der Waals surface area contributed by atoms with Crippen LogP contribution in [0.15, 0.2) is 6.20 Å². The highest BCUT2D eigenvalue weighted by molar-refractivity contribution is 7.13. The molecular formula is C18H22F3N3O3S. The molecule has 1 aromatic heterocycles. The second-order valence-corrected chi connectivity index (χ2v) is 9.10. The molecule has 0 N–H and O–H groups in total. The van der Waals surface area contributed by atoms with E-state index in [0.29, 0.717) is 43.7 Å². The molecule has 28 heavy (non-hydrogen) atoms. The van der Waals surface area contributed by atoms with Crippen molar-refractivity contribution in [2.45, 2.75) is 57.4 Å². The standard InChI is InChI=1S/C18H22F3N3O3S/c1-2-27-15(25)13-7-22-14(28-13)8-23-9-17(10-23)5-12(6-17)24(11-3-4-11)16(26)18(19,20)21/h7,11-12H,2-6,8-10H2,1H3. The number of hydrogen-bond donors (Lipinski definition) is 0. The number of alkyl halides is 3. The first-order valence-electron chi connectivity index (χ1n) is 9.44. The summed E-state index contributed by atoms with van der Waals surface area (Å²) in [6.07, 6.45) is -0.669. The molecule has 1 amide bonds. The van der Waals surface area contributed by atoms with Crippen LogP contribution in [0.1, 0.15) is 47.3 Å². The Labute approximate surface area is 164 Å². The van der Waals surface area contributed by atoms with E-state index >= 15 is 0 Å². The summed E-state index contributed by atoms with van der Waals surface area (Å²) in [5.74, 6) is -2.05. The van der Waals surface area contributed by atoms with Crippen LogP contribution >= 0.6 is 11.3 Å². The second-order valence-electron chi connectivity index (χ2n) is 7.99. The van der Waals surface area contributed by atoms with Crippen LogP contribution in [0.25, 0.3) is 0 Å². The number of rotatable bonds is 6. The molecule has 0 atom stereocenters. The van der Waals surface area contributed by atoms with Crippen molar-refractivity contribution in [3.8, 4) is 0 Å². The average Bonchev–Trinajstić information content (AvgIpc) is 3.27. The highest BCUT2D eigenvalue weighted by Crippen LogP contribution is 2.52. The van der Waals surface area contributed by atoms with E-state index < -0.39 is 12.1 Å². The molecule has 1 saturated heterocycles. The summed E-state index contributed by atoms with van der Waals surface area (Å²) >= 11 is 1.30. The Kier molecular flexibility index (Phi) is 4.89. The number of ether oxygens (including phenoxy) is 1. The number of esters is 1. The Morgan fingerprint density at radius 2 is 2.00 bits per heavy atom. The molecule has 2 heterocycles. The van der Waals surface area contributed by atoms with Gasteiger partial charge in [-0.1, -0.05) is 0 Å². The molecule has 3 aliphatic rings. The zero-order chi connectivity index (χ0) is 20.1. The zero-order valence-electron chi connectivity index (χ0n) is 15.5. The number of thiazole rings is 1. The summed E-state index contributed by atoms with van der Waals surface area (Å²) in [4.78, 5) is 31.5. The van der Waals surface area contributed by atoms with E-state index in [1.807, 2.05) is 0 Å². The molecule has 2 saturated carbocycles. The minimum atomic E-state index is -4.79. The van der Waals surface area contributed by atoms with Gasteiger partial charge in [0, 0.05) is 25.2 Å². The van der Waals surface area contributed by atoms with Gasteiger partial charge in [0.2, 0.25) is 0 Å². The number of carbonyl (C=O) groups excluding carboxylic acids is 2. The Bertz CT molecular complexity index is 764. The highest BCUT2D eigenvalue weighted by atomic mass is 32.1. The zero-order valence-corrected chi connectivity index (χ0v) is 16.3. The van der Waals surface area contributed by atoms with Gasteiger partial charge >= 0.3 is 18.1 Å². The van der Waals surface area contributed by atoms with Crippen LogP contribution in [0.3, 0.4) is 0 Å². The molecule has 3 fully saturated rings. The number of likely N-dealkylation sites (tertiary alicyclic amines) is 1. The monoisotopic (exact) mass is 417 g/mol. The van der Waals surface area contributed by atoms with E-state index in [0.717, 1.165) is 23.0 Å².